The number of carbonyl (C=O) groups is 2. The molecule has 1 atom stereocenters. The highest BCUT2D eigenvalue weighted by molar-refractivity contribution is 5.89. The highest BCUT2D eigenvalue weighted by Crippen LogP contribution is 2.26. The molecule has 0 saturated carbocycles. The number of hydrogen-bond donors (Lipinski definition) is 0. The van der Waals surface area contributed by atoms with Gasteiger partial charge in [-0.15, -0.1) is 0 Å². The summed E-state index contributed by atoms with van der Waals surface area (Å²) in [4.78, 5) is 25.4. The molecule has 1 aliphatic heterocycles. The van der Waals surface area contributed by atoms with Crippen molar-refractivity contribution < 1.29 is 19.1 Å². The van der Waals surface area contributed by atoms with Gasteiger partial charge in [0.15, 0.2) is 0 Å². The largest absolute Gasteiger partial charge is 0.465 e. The van der Waals surface area contributed by atoms with Gasteiger partial charge in [-0.25, -0.2) is 9.59 Å². The molecule has 0 spiro atoms. The van der Waals surface area contributed by atoms with Gasteiger partial charge in [0.05, 0.1) is 12.7 Å². The van der Waals surface area contributed by atoms with Gasteiger partial charge in [-0.05, 0) is 36.2 Å². The van der Waals surface area contributed by atoms with Gasteiger partial charge in [-0.2, -0.15) is 0 Å². The van der Waals surface area contributed by atoms with Crippen molar-refractivity contribution in [3.63, 3.8) is 0 Å². The maximum atomic E-state index is 12.3. The fourth-order valence-corrected chi connectivity index (χ4v) is 2.76. The molecule has 5 nitrogen and oxygen atoms in total. The predicted molar refractivity (Wildman–Crippen MR) is 93.5 cm³/mol. The van der Waals surface area contributed by atoms with Gasteiger partial charge >= 0.3 is 12.1 Å². The van der Waals surface area contributed by atoms with E-state index in [2.05, 4.69) is 0 Å². The van der Waals surface area contributed by atoms with Crippen molar-refractivity contribution in [2.45, 2.75) is 12.3 Å². The van der Waals surface area contributed by atoms with E-state index < -0.39 is 6.09 Å². The summed E-state index contributed by atoms with van der Waals surface area (Å²) < 4.78 is 10.1. The zero-order valence-corrected chi connectivity index (χ0v) is 13.9. The second-order valence-electron chi connectivity index (χ2n) is 5.76. The minimum atomic E-state index is -0.404. The maximum Gasteiger partial charge on any atom is 0.419 e. The van der Waals surface area contributed by atoms with E-state index in [4.69, 9.17) is 9.47 Å². The number of nitrogens with zero attached hydrogens (tertiary/aromatic N) is 1. The summed E-state index contributed by atoms with van der Waals surface area (Å²) in [6.07, 6.45) is 4.13. The van der Waals surface area contributed by atoms with Crippen LogP contribution in [0.25, 0.3) is 0 Å². The third kappa shape index (κ3) is 4.07. The van der Waals surface area contributed by atoms with Crippen molar-refractivity contribution in [2.75, 3.05) is 13.7 Å². The smallest absolute Gasteiger partial charge is 0.419 e. The van der Waals surface area contributed by atoms with Gasteiger partial charge < -0.3 is 9.47 Å². The molecule has 1 aliphatic rings. The Morgan fingerprint density at radius 3 is 2.44 bits per heavy atom. The molecular weight excluding hydrogens is 318 g/mol. The predicted octanol–water partition coefficient (Wildman–Crippen LogP) is 3.98. The van der Waals surface area contributed by atoms with Crippen molar-refractivity contribution in [1.29, 1.82) is 0 Å². The van der Waals surface area contributed by atoms with Gasteiger partial charge in [0.25, 0.3) is 0 Å². The van der Waals surface area contributed by atoms with Crippen molar-refractivity contribution in [1.82, 2.24) is 4.90 Å². The third-order valence-corrected chi connectivity index (χ3v) is 4.11. The molecule has 3 rings (SSSR count). The third-order valence-electron chi connectivity index (χ3n) is 4.11. The molecule has 128 valence electrons. The van der Waals surface area contributed by atoms with Crippen LogP contribution in [-0.4, -0.2) is 30.6 Å². The average Bonchev–Trinajstić information content (AvgIpc) is 2.68. The van der Waals surface area contributed by atoms with E-state index in [1.54, 1.807) is 35.4 Å². The first-order chi connectivity index (χ1) is 12.2. The van der Waals surface area contributed by atoms with E-state index in [1.807, 2.05) is 36.4 Å². The highest BCUT2D eigenvalue weighted by atomic mass is 16.6. The van der Waals surface area contributed by atoms with Crippen LogP contribution in [0.2, 0.25) is 0 Å². The van der Waals surface area contributed by atoms with E-state index in [1.165, 1.54) is 7.11 Å². The van der Waals surface area contributed by atoms with E-state index in [0.717, 1.165) is 12.0 Å². The number of allylic oxidation sites excluding steroid dienone is 1. The SMILES string of the molecule is COC(=O)c1ccc([C@@H]2CC=CN(C(=O)Oc3ccccc3)C2)cc1. The molecule has 0 aromatic heterocycles. The number of para-hydroxylation sites is 1. The Morgan fingerprint density at radius 1 is 1.04 bits per heavy atom. The number of rotatable bonds is 3. The molecule has 2 aromatic rings. The fourth-order valence-electron chi connectivity index (χ4n) is 2.76. The zero-order valence-electron chi connectivity index (χ0n) is 13.9. The molecule has 1 amide bonds. The summed E-state index contributed by atoms with van der Waals surface area (Å²) in [5, 5.41) is 0. The number of amides is 1. The Bertz CT molecular complexity index is 768. The number of methoxy groups -OCH3 is 1. The Kier molecular flexibility index (Phi) is 5.14. The molecule has 0 fully saturated rings. The lowest BCUT2D eigenvalue weighted by Gasteiger charge is -2.27. The second kappa shape index (κ2) is 7.66. The second-order valence-corrected chi connectivity index (χ2v) is 5.76. The van der Waals surface area contributed by atoms with E-state index in [-0.39, 0.29) is 11.9 Å². The number of carbonyl (C=O) groups excluding carboxylic acids is 2. The normalized spacial score (nSPS) is 16.4. The van der Waals surface area contributed by atoms with Crippen molar-refractivity contribution in [3.05, 3.63) is 78.0 Å². The Balaban J connectivity index is 1.66. The number of esters is 1. The molecule has 1 heterocycles. The maximum absolute atomic E-state index is 12.3. The van der Waals surface area contributed by atoms with Crippen molar-refractivity contribution in [2.24, 2.45) is 0 Å². The Morgan fingerprint density at radius 2 is 1.76 bits per heavy atom. The molecule has 5 heteroatoms. The van der Waals surface area contributed by atoms with Crippen LogP contribution in [0, 0.1) is 0 Å². The fraction of sp³-hybridized carbons (Fsp3) is 0.200. The van der Waals surface area contributed by atoms with Crippen LogP contribution in [0.15, 0.2) is 66.9 Å². The Hall–Kier alpha value is -3.08. The topological polar surface area (TPSA) is 55.8 Å². The molecule has 0 saturated heterocycles. The van der Waals surface area contributed by atoms with Crippen LogP contribution in [0.1, 0.15) is 28.3 Å². The van der Waals surface area contributed by atoms with Gasteiger partial charge in [0, 0.05) is 18.7 Å². The highest BCUT2D eigenvalue weighted by Gasteiger charge is 2.23. The average molecular weight is 337 g/mol. The van der Waals surface area contributed by atoms with Gasteiger partial charge in [-0.1, -0.05) is 36.4 Å². The minimum absolute atomic E-state index is 0.153. The monoisotopic (exact) mass is 337 g/mol. The van der Waals surface area contributed by atoms with E-state index >= 15 is 0 Å². The van der Waals surface area contributed by atoms with Crippen molar-refractivity contribution in [3.8, 4) is 5.75 Å². The van der Waals surface area contributed by atoms with Gasteiger partial charge in [0.1, 0.15) is 5.75 Å². The summed E-state index contributed by atoms with van der Waals surface area (Å²) in [6, 6.07) is 16.3. The summed E-state index contributed by atoms with van der Waals surface area (Å²) in [6.45, 7) is 0.528. The summed E-state index contributed by atoms with van der Waals surface area (Å²) >= 11 is 0. The Labute approximate surface area is 146 Å². The van der Waals surface area contributed by atoms with Crippen LogP contribution in [0.4, 0.5) is 4.79 Å². The molecule has 0 bridgehead atoms. The summed E-state index contributed by atoms with van der Waals surface area (Å²) in [5.74, 6) is 0.314. The van der Waals surface area contributed by atoms with Crippen LogP contribution < -0.4 is 4.74 Å². The summed E-state index contributed by atoms with van der Waals surface area (Å²) in [7, 11) is 1.36. The first-order valence-electron chi connectivity index (χ1n) is 8.06. The first kappa shape index (κ1) is 16.8. The molecule has 0 unspecified atom stereocenters. The summed E-state index contributed by atoms with van der Waals surface area (Å²) in [5.41, 5.74) is 1.58. The quantitative estimate of drug-likeness (QED) is 0.795. The minimum Gasteiger partial charge on any atom is -0.465 e. The zero-order chi connectivity index (χ0) is 17.6. The van der Waals surface area contributed by atoms with Crippen LogP contribution in [-0.2, 0) is 4.74 Å². The first-order valence-corrected chi connectivity index (χ1v) is 8.06. The number of hydrogen-bond acceptors (Lipinski definition) is 4. The van der Waals surface area contributed by atoms with Crippen LogP contribution >= 0.6 is 0 Å². The number of ether oxygens (including phenoxy) is 2. The molecule has 2 aromatic carbocycles. The standard InChI is InChI=1S/C20H19NO4/c1-24-19(22)16-11-9-15(10-12-16)17-6-5-13-21(14-17)20(23)25-18-7-3-2-4-8-18/h2-5,7-13,17H,6,14H2,1H3/t17-/m1/s1. The van der Waals surface area contributed by atoms with Crippen molar-refractivity contribution >= 4 is 12.1 Å². The molecular formula is C20H19NO4. The van der Waals surface area contributed by atoms with Crippen LogP contribution in [0.5, 0.6) is 5.75 Å². The number of benzene rings is 2. The molecule has 25 heavy (non-hydrogen) atoms. The lowest BCUT2D eigenvalue weighted by molar-refractivity contribution is 0.0600. The van der Waals surface area contributed by atoms with Gasteiger partial charge in [-0.3, -0.25) is 4.90 Å². The van der Waals surface area contributed by atoms with E-state index in [9.17, 15) is 9.59 Å². The lowest BCUT2D eigenvalue weighted by Crippen LogP contribution is -2.34. The van der Waals surface area contributed by atoms with E-state index in [0.29, 0.717) is 17.9 Å². The lowest BCUT2D eigenvalue weighted by atomic mass is 9.92. The van der Waals surface area contributed by atoms with Gasteiger partial charge in [0.2, 0.25) is 0 Å². The molecule has 0 radical (unpaired) electrons. The molecule has 0 N–H and O–H groups in total. The molecule has 0 aliphatic carbocycles. The van der Waals surface area contributed by atoms with Crippen LogP contribution in [0.3, 0.4) is 0 Å².